The van der Waals surface area contributed by atoms with Gasteiger partial charge in [0.25, 0.3) is 0 Å². The molecule has 0 aliphatic heterocycles. The van der Waals surface area contributed by atoms with Crippen LogP contribution in [0.15, 0.2) is 23.0 Å². The Morgan fingerprint density at radius 1 is 1.40 bits per heavy atom. The van der Waals surface area contributed by atoms with Crippen LogP contribution in [0.1, 0.15) is 36.1 Å². The van der Waals surface area contributed by atoms with Crippen LogP contribution in [-0.2, 0) is 0 Å². The number of carboxylic acids is 1. The lowest BCUT2D eigenvalue weighted by Crippen LogP contribution is -2.27. The first-order chi connectivity index (χ1) is 9.32. The maximum Gasteiger partial charge on any atom is 0.374 e. The number of aryl methyl sites for hydroxylation is 1. The lowest BCUT2D eigenvalue weighted by Gasteiger charge is -2.05. The molecule has 1 N–H and O–H groups in total. The smallest absolute Gasteiger partial charge is 0.374 e. The number of hydrogen-bond acceptors (Lipinski definition) is 3. The number of aromatic nitrogens is 3. The molecule has 0 bridgehead atoms. The maximum absolute atomic E-state index is 13.9. The van der Waals surface area contributed by atoms with Crippen molar-refractivity contribution in [3.63, 3.8) is 0 Å². The second-order valence-electron chi connectivity index (χ2n) is 4.74. The first kappa shape index (κ1) is 14.0. The second-order valence-corrected chi connectivity index (χ2v) is 4.74. The predicted octanol–water partition coefficient (Wildman–Crippen LogP) is 1.76. The zero-order valence-electron chi connectivity index (χ0n) is 11.3. The van der Waals surface area contributed by atoms with Gasteiger partial charge in [0, 0.05) is 6.04 Å². The number of rotatable bonds is 3. The Bertz CT molecular complexity index is 731. The molecular formula is C13H14FN3O3. The van der Waals surface area contributed by atoms with Crippen molar-refractivity contribution >= 4 is 5.97 Å². The van der Waals surface area contributed by atoms with Crippen molar-refractivity contribution in [3.05, 3.63) is 45.9 Å². The summed E-state index contributed by atoms with van der Waals surface area (Å²) in [4.78, 5) is 23.3. The van der Waals surface area contributed by atoms with E-state index in [2.05, 4.69) is 5.10 Å². The van der Waals surface area contributed by atoms with Crippen LogP contribution in [0.3, 0.4) is 0 Å². The molecule has 6 nitrogen and oxygen atoms in total. The monoisotopic (exact) mass is 279 g/mol. The molecule has 106 valence electrons. The van der Waals surface area contributed by atoms with Gasteiger partial charge in [-0.15, -0.1) is 5.10 Å². The molecule has 1 aromatic heterocycles. The Morgan fingerprint density at radius 3 is 2.50 bits per heavy atom. The van der Waals surface area contributed by atoms with Crippen LogP contribution in [0.2, 0.25) is 0 Å². The Labute approximate surface area is 114 Å². The molecule has 2 rings (SSSR count). The summed E-state index contributed by atoms with van der Waals surface area (Å²) in [6, 6.07) is 3.89. The van der Waals surface area contributed by atoms with Crippen LogP contribution < -0.4 is 5.69 Å². The summed E-state index contributed by atoms with van der Waals surface area (Å²) in [6.07, 6.45) is 0. The van der Waals surface area contributed by atoms with Gasteiger partial charge in [0.2, 0.25) is 5.82 Å². The molecular weight excluding hydrogens is 265 g/mol. The van der Waals surface area contributed by atoms with Crippen LogP contribution in [0, 0.1) is 12.7 Å². The average molecular weight is 279 g/mol. The third-order valence-electron chi connectivity index (χ3n) is 2.85. The van der Waals surface area contributed by atoms with Gasteiger partial charge in [0.05, 0.1) is 0 Å². The van der Waals surface area contributed by atoms with E-state index in [9.17, 15) is 14.0 Å². The van der Waals surface area contributed by atoms with Crippen molar-refractivity contribution in [2.45, 2.75) is 26.8 Å². The number of aromatic carboxylic acids is 1. The van der Waals surface area contributed by atoms with Gasteiger partial charge >= 0.3 is 11.7 Å². The van der Waals surface area contributed by atoms with Crippen LogP contribution in [-0.4, -0.2) is 25.4 Å². The van der Waals surface area contributed by atoms with Gasteiger partial charge in [-0.2, -0.15) is 4.68 Å². The van der Waals surface area contributed by atoms with E-state index in [1.165, 1.54) is 12.1 Å². The van der Waals surface area contributed by atoms with Crippen molar-refractivity contribution in [3.8, 4) is 5.69 Å². The van der Waals surface area contributed by atoms with Gasteiger partial charge in [0.1, 0.15) is 11.5 Å². The molecule has 0 radical (unpaired) electrons. The van der Waals surface area contributed by atoms with E-state index in [0.29, 0.717) is 5.56 Å². The Hall–Kier alpha value is -2.44. The summed E-state index contributed by atoms with van der Waals surface area (Å²) in [5, 5.41) is 12.8. The highest BCUT2D eigenvalue weighted by molar-refractivity contribution is 5.83. The molecule has 20 heavy (non-hydrogen) atoms. The largest absolute Gasteiger partial charge is 0.475 e. The highest BCUT2D eigenvalue weighted by Crippen LogP contribution is 2.14. The molecule has 0 amide bonds. The van der Waals surface area contributed by atoms with E-state index in [-0.39, 0.29) is 5.69 Å². The van der Waals surface area contributed by atoms with Crippen LogP contribution in [0.25, 0.3) is 5.69 Å². The summed E-state index contributed by atoms with van der Waals surface area (Å²) in [5.41, 5.74) is -0.0521. The lowest BCUT2D eigenvalue weighted by atomic mass is 10.2. The van der Waals surface area contributed by atoms with Crippen molar-refractivity contribution in [1.29, 1.82) is 0 Å². The van der Waals surface area contributed by atoms with E-state index in [1.54, 1.807) is 26.8 Å². The molecule has 1 aromatic carbocycles. The van der Waals surface area contributed by atoms with Crippen LogP contribution >= 0.6 is 0 Å². The molecule has 0 spiro atoms. The molecule has 2 aromatic rings. The first-order valence-corrected chi connectivity index (χ1v) is 6.04. The van der Waals surface area contributed by atoms with Gasteiger partial charge in [-0.05, 0) is 38.5 Å². The standard InChI is InChI=1S/C13H14FN3O3/c1-7(2)16-11(12(18)19)15-17(13(16)20)10-5-4-8(3)6-9(10)14/h4-7H,1-3H3,(H,18,19). The van der Waals surface area contributed by atoms with Gasteiger partial charge in [0.15, 0.2) is 0 Å². The first-order valence-electron chi connectivity index (χ1n) is 6.04. The molecule has 1 heterocycles. The third kappa shape index (κ3) is 2.22. The number of carboxylic acid groups (broad SMARTS) is 1. The van der Waals surface area contributed by atoms with Crippen LogP contribution in [0.5, 0.6) is 0 Å². The minimum absolute atomic E-state index is 0.0671. The molecule has 0 saturated heterocycles. The van der Waals surface area contributed by atoms with Crippen molar-refractivity contribution < 1.29 is 14.3 Å². The van der Waals surface area contributed by atoms with E-state index >= 15 is 0 Å². The molecule has 0 fully saturated rings. The van der Waals surface area contributed by atoms with Crippen molar-refractivity contribution in [1.82, 2.24) is 14.3 Å². The zero-order valence-corrected chi connectivity index (χ0v) is 11.3. The molecule has 7 heteroatoms. The molecule has 0 atom stereocenters. The fraction of sp³-hybridized carbons (Fsp3) is 0.308. The topological polar surface area (TPSA) is 77.1 Å². The zero-order chi connectivity index (χ0) is 15.0. The SMILES string of the molecule is Cc1ccc(-n2nc(C(=O)O)n(C(C)C)c2=O)c(F)c1. The highest BCUT2D eigenvalue weighted by atomic mass is 19.1. The van der Waals surface area contributed by atoms with E-state index in [4.69, 9.17) is 5.11 Å². The van der Waals surface area contributed by atoms with Crippen molar-refractivity contribution in [2.75, 3.05) is 0 Å². The predicted molar refractivity (Wildman–Crippen MR) is 69.9 cm³/mol. The summed E-state index contributed by atoms with van der Waals surface area (Å²) in [6.45, 7) is 5.03. The van der Waals surface area contributed by atoms with Gasteiger partial charge in [-0.1, -0.05) is 6.07 Å². The summed E-state index contributed by atoms with van der Waals surface area (Å²) < 4.78 is 15.7. The minimum Gasteiger partial charge on any atom is -0.475 e. The Balaban J connectivity index is 2.73. The number of nitrogens with zero attached hydrogens (tertiary/aromatic N) is 3. The quantitative estimate of drug-likeness (QED) is 0.928. The summed E-state index contributed by atoms with van der Waals surface area (Å²) >= 11 is 0. The number of carbonyl (C=O) groups is 1. The Kier molecular flexibility index (Phi) is 3.44. The fourth-order valence-electron chi connectivity index (χ4n) is 1.93. The molecule has 0 aliphatic rings. The van der Waals surface area contributed by atoms with E-state index in [1.807, 2.05) is 0 Å². The van der Waals surface area contributed by atoms with Gasteiger partial charge < -0.3 is 5.11 Å². The minimum atomic E-state index is -1.33. The normalized spacial score (nSPS) is 11.1. The third-order valence-corrected chi connectivity index (χ3v) is 2.85. The highest BCUT2D eigenvalue weighted by Gasteiger charge is 2.22. The van der Waals surface area contributed by atoms with Crippen molar-refractivity contribution in [2.24, 2.45) is 0 Å². The molecule has 0 unspecified atom stereocenters. The number of benzene rings is 1. The fourth-order valence-corrected chi connectivity index (χ4v) is 1.93. The van der Waals surface area contributed by atoms with E-state index < -0.39 is 29.3 Å². The van der Waals surface area contributed by atoms with E-state index in [0.717, 1.165) is 9.25 Å². The van der Waals surface area contributed by atoms with Crippen LogP contribution in [0.4, 0.5) is 4.39 Å². The number of halogens is 1. The lowest BCUT2D eigenvalue weighted by molar-refractivity contribution is 0.0675. The molecule has 0 aliphatic carbocycles. The average Bonchev–Trinajstić information content (AvgIpc) is 2.67. The summed E-state index contributed by atoms with van der Waals surface area (Å²) in [5.74, 6) is -2.37. The maximum atomic E-state index is 13.9. The number of hydrogen-bond donors (Lipinski definition) is 1. The molecule has 0 saturated carbocycles. The van der Waals surface area contributed by atoms with Gasteiger partial charge in [-0.3, -0.25) is 4.57 Å². The van der Waals surface area contributed by atoms with Gasteiger partial charge in [-0.25, -0.2) is 14.0 Å². The second kappa shape index (κ2) is 4.92. The Morgan fingerprint density at radius 2 is 2.05 bits per heavy atom. The summed E-state index contributed by atoms with van der Waals surface area (Å²) in [7, 11) is 0.